The zero-order chi connectivity index (χ0) is 20.1. The Morgan fingerprint density at radius 1 is 1.18 bits per heavy atom. The molecular formula is C23H33ClN4. The molecule has 2 aromatic heterocycles. The summed E-state index contributed by atoms with van der Waals surface area (Å²) in [5.74, 6) is 3.01. The molecule has 0 aliphatic carbocycles. The normalized spacial score (nSPS) is 15.9. The van der Waals surface area contributed by atoms with E-state index in [1.165, 1.54) is 37.1 Å². The number of nitrogens with one attached hydrogen (secondary N) is 1. The highest BCUT2D eigenvalue weighted by Gasteiger charge is 2.21. The third-order valence-electron chi connectivity index (χ3n) is 5.78. The summed E-state index contributed by atoms with van der Waals surface area (Å²) in [5, 5.41) is 4.11. The monoisotopic (exact) mass is 400 g/mol. The molecule has 3 rings (SSSR count). The van der Waals surface area contributed by atoms with Crippen molar-refractivity contribution in [3.8, 4) is 0 Å². The van der Waals surface area contributed by atoms with Gasteiger partial charge in [-0.2, -0.15) is 0 Å². The summed E-state index contributed by atoms with van der Waals surface area (Å²) in [5.41, 5.74) is 3.70. The van der Waals surface area contributed by atoms with Gasteiger partial charge in [-0.05, 0) is 86.8 Å². The van der Waals surface area contributed by atoms with Gasteiger partial charge in [-0.25, -0.2) is 9.97 Å². The number of likely N-dealkylation sites (tertiary alicyclic amines) is 1. The fourth-order valence-corrected chi connectivity index (χ4v) is 3.91. The van der Waals surface area contributed by atoms with Gasteiger partial charge < -0.3 is 10.2 Å². The zero-order valence-electron chi connectivity index (χ0n) is 17.6. The number of anilines is 2. The van der Waals surface area contributed by atoms with Crippen LogP contribution in [0.5, 0.6) is 0 Å². The Labute approximate surface area is 174 Å². The van der Waals surface area contributed by atoms with Crippen LogP contribution in [0.2, 0.25) is 5.02 Å². The minimum atomic E-state index is 0.623. The highest BCUT2D eigenvalue weighted by Crippen LogP contribution is 2.31. The van der Waals surface area contributed by atoms with Crippen molar-refractivity contribution in [3.63, 3.8) is 0 Å². The van der Waals surface area contributed by atoms with Gasteiger partial charge in [-0.3, -0.25) is 0 Å². The summed E-state index contributed by atoms with van der Waals surface area (Å²) >= 11 is 6.12. The minimum Gasteiger partial charge on any atom is -0.325 e. The minimum absolute atomic E-state index is 0.623. The Bertz CT molecular complexity index is 782. The van der Waals surface area contributed by atoms with Gasteiger partial charge in [-0.1, -0.05) is 38.4 Å². The van der Waals surface area contributed by atoms with Crippen LogP contribution in [0.3, 0.4) is 0 Å². The average molecular weight is 401 g/mol. The Hall–Kier alpha value is -1.65. The van der Waals surface area contributed by atoms with E-state index in [4.69, 9.17) is 16.6 Å². The van der Waals surface area contributed by atoms with Crippen LogP contribution in [-0.4, -0.2) is 34.5 Å². The Balaban J connectivity index is 1.81. The molecule has 1 saturated heterocycles. The summed E-state index contributed by atoms with van der Waals surface area (Å²) in [7, 11) is 0. The lowest BCUT2D eigenvalue weighted by Crippen LogP contribution is -2.32. The van der Waals surface area contributed by atoms with Crippen molar-refractivity contribution >= 4 is 23.2 Å². The van der Waals surface area contributed by atoms with E-state index in [-0.39, 0.29) is 0 Å². The van der Waals surface area contributed by atoms with Crippen molar-refractivity contribution < 1.29 is 0 Å². The van der Waals surface area contributed by atoms with Gasteiger partial charge in [-0.15, -0.1) is 0 Å². The van der Waals surface area contributed by atoms with E-state index in [9.17, 15) is 0 Å². The highest BCUT2D eigenvalue weighted by molar-refractivity contribution is 6.31. The lowest BCUT2D eigenvalue weighted by atomic mass is 9.89. The number of nitrogens with zero attached hydrogens (tertiary/aromatic N) is 3. The van der Waals surface area contributed by atoms with Gasteiger partial charge in [0.25, 0.3) is 0 Å². The molecule has 1 fully saturated rings. The van der Waals surface area contributed by atoms with E-state index in [0.29, 0.717) is 16.9 Å². The smallest absolute Gasteiger partial charge is 0.134 e. The van der Waals surface area contributed by atoms with Crippen LogP contribution in [0.4, 0.5) is 11.6 Å². The third kappa shape index (κ3) is 5.45. The second-order valence-electron chi connectivity index (χ2n) is 8.36. The quantitative estimate of drug-likeness (QED) is 0.621. The molecule has 0 atom stereocenters. The molecule has 0 spiro atoms. The maximum Gasteiger partial charge on any atom is 0.134 e. The van der Waals surface area contributed by atoms with Crippen LogP contribution in [0.25, 0.3) is 0 Å². The number of piperidine rings is 1. The van der Waals surface area contributed by atoms with Gasteiger partial charge in [0.05, 0.1) is 5.02 Å². The summed E-state index contributed by atoms with van der Waals surface area (Å²) < 4.78 is 0. The van der Waals surface area contributed by atoms with E-state index in [1.807, 2.05) is 13.0 Å². The van der Waals surface area contributed by atoms with Crippen LogP contribution in [0.1, 0.15) is 62.6 Å². The van der Waals surface area contributed by atoms with Crippen LogP contribution >= 0.6 is 11.6 Å². The number of halogens is 1. The molecule has 0 aromatic carbocycles. The first-order valence-electron chi connectivity index (χ1n) is 10.6. The highest BCUT2D eigenvalue weighted by atomic mass is 35.5. The van der Waals surface area contributed by atoms with Gasteiger partial charge in [0, 0.05) is 12.4 Å². The van der Waals surface area contributed by atoms with E-state index >= 15 is 0 Å². The Morgan fingerprint density at radius 2 is 1.93 bits per heavy atom. The second kappa shape index (κ2) is 9.71. The summed E-state index contributed by atoms with van der Waals surface area (Å²) in [6, 6.07) is 4.36. The molecular weight excluding hydrogens is 368 g/mol. The molecule has 5 heteroatoms. The number of hydrogen-bond donors (Lipinski definition) is 1. The van der Waals surface area contributed by atoms with Crippen LogP contribution in [0, 0.1) is 12.8 Å². The predicted molar refractivity (Wildman–Crippen MR) is 119 cm³/mol. The second-order valence-corrected chi connectivity index (χ2v) is 8.77. The maximum absolute atomic E-state index is 6.12. The van der Waals surface area contributed by atoms with Crippen molar-refractivity contribution in [1.82, 2.24) is 14.9 Å². The van der Waals surface area contributed by atoms with Gasteiger partial charge >= 0.3 is 0 Å². The predicted octanol–water partition coefficient (Wildman–Crippen LogP) is 5.97. The fraction of sp³-hybridized carbons (Fsp3) is 0.565. The number of pyridine rings is 2. The molecule has 2 aromatic rings. The van der Waals surface area contributed by atoms with Crippen LogP contribution < -0.4 is 5.32 Å². The van der Waals surface area contributed by atoms with Crippen molar-refractivity contribution in [3.05, 3.63) is 46.2 Å². The van der Waals surface area contributed by atoms with Crippen LogP contribution in [-0.2, 0) is 6.42 Å². The molecule has 0 unspecified atom stereocenters. The van der Waals surface area contributed by atoms with Crippen molar-refractivity contribution in [2.45, 2.75) is 59.3 Å². The zero-order valence-corrected chi connectivity index (χ0v) is 18.4. The molecule has 0 saturated carbocycles. The molecule has 1 aliphatic heterocycles. The molecule has 1 aliphatic rings. The molecule has 3 heterocycles. The Kier molecular flexibility index (Phi) is 7.30. The fourth-order valence-electron chi connectivity index (χ4n) is 3.81. The number of hydrogen-bond acceptors (Lipinski definition) is 4. The van der Waals surface area contributed by atoms with Gasteiger partial charge in [0.2, 0.25) is 0 Å². The van der Waals surface area contributed by atoms with Gasteiger partial charge in [0.15, 0.2) is 0 Å². The Morgan fingerprint density at radius 3 is 2.57 bits per heavy atom. The molecule has 0 bridgehead atoms. The lowest BCUT2D eigenvalue weighted by Gasteiger charge is -2.31. The maximum atomic E-state index is 6.12. The van der Waals surface area contributed by atoms with Crippen LogP contribution in [0.15, 0.2) is 24.5 Å². The molecule has 152 valence electrons. The molecule has 4 nitrogen and oxygen atoms in total. The third-order valence-corrected chi connectivity index (χ3v) is 6.17. The van der Waals surface area contributed by atoms with E-state index < -0.39 is 0 Å². The van der Waals surface area contributed by atoms with Gasteiger partial charge in [0.1, 0.15) is 11.6 Å². The number of aryl methyl sites for hydroxylation is 2. The van der Waals surface area contributed by atoms with E-state index in [0.717, 1.165) is 36.6 Å². The summed E-state index contributed by atoms with van der Waals surface area (Å²) in [6.45, 7) is 12.3. The van der Waals surface area contributed by atoms with E-state index in [2.05, 4.69) is 48.2 Å². The number of rotatable bonds is 7. The first-order chi connectivity index (χ1) is 13.5. The van der Waals surface area contributed by atoms with Crippen molar-refractivity contribution in [2.24, 2.45) is 5.92 Å². The van der Waals surface area contributed by atoms with E-state index in [1.54, 1.807) is 6.20 Å². The first-order valence-corrected chi connectivity index (χ1v) is 10.9. The molecule has 28 heavy (non-hydrogen) atoms. The molecule has 1 N–H and O–H groups in total. The molecule has 0 radical (unpaired) electrons. The number of aromatic nitrogens is 2. The first kappa shape index (κ1) is 21.1. The van der Waals surface area contributed by atoms with Crippen molar-refractivity contribution in [2.75, 3.05) is 25.0 Å². The summed E-state index contributed by atoms with van der Waals surface area (Å²) in [4.78, 5) is 11.8. The SMILES string of the molecule is CCN1CCC(c2cnc(Nc3cc(C)c(Cl)cn3)c(CCC(C)C)c2)CC1. The largest absolute Gasteiger partial charge is 0.325 e. The van der Waals surface area contributed by atoms with Crippen molar-refractivity contribution in [1.29, 1.82) is 0 Å². The standard InChI is InChI=1S/C23H33ClN4/c1-5-28-10-8-18(9-11-28)20-13-19(7-6-16(2)3)23(26-14-20)27-22-12-17(4)21(24)15-25-22/h12-16,18H,5-11H2,1-4H3,(H,25,26,27). The lowest BCUT2D eigenvalue weighted by molar-refractivity contribution is 0.222. The average Bonchev–Trinajstić information content (AvgIpc) is 2.70. The molecule has 0 amide bonds. The summed E-state index contributed by atoms with van der Waals surface area (Å²) in [6.07, 6.45) is 8.40. The topological polar surface area (TPSA) is 41.1 Å².